The Hall–Kier alpha value is -1.08. The second-order valence-corrected chi connectivity index (χ2v) is 11.8. The fourth-order valence-corrected chi connectivity index (χ4v) is 8.79. The van der Waals surface area contributed by atoms with Gasteiger partial charge in [-0.3, -0.25) is 4.79 Å². The van der Waals surface area contributed by atoms with Crippen LogP contribution in [0.5, 0.6) is 5.75 Å². The molecular formula is C19H31NO2P+. The zero-order valence-electron chi connectivity index (χ0n) is 15.5. The van der Waals surface area contributed by atoms with E-state index in [1.807, 2.05) is 26.0 Å². The van der Waals surface area contributed by atoms with Gasteiger partial charge in [-0.15, -0.1) is 0 Å². The molecule has 128 valence electrons. The van der Waals surface area contributed by atoms with E-state index in [0.717, 1.165) is 35.4 Å². The van der Waals surface area contributed by atoms with Gasteiger partial charge in [-0.2, -0.15) is 0 Å². The Balaban J connectivity index is 2.30. The van der Waals surface area contributed by atoms with Crippen molar-refractivity contribution in [2.24, 2.45) is 0 Å². The van der Waals surface area contributed by atoms with Crippen LogP contribution in [-0.4, -0.2) is 36.7 Å². The largest absolute Gasteiger partial charge is 0.497 e. The molecular weight excluding hydrogens is 305 g/mol. The molecule has 4 heteroatoms. The van der Waals surface area contributed by atoms with E-state index in [1.165, 1.54) is 18.5 Å². The molecule has 1 N–H and O–H groups in total. The maximum absolute atomic E-state index is 13.2. The highest BCUT2D eigenvalue weighted by Crippen LogP contribution is 2.77. The standard InChI is InChI=1S/C19H30NO2P/c1-7-23(8-2,9-3)19(10-11-19)18(21)20-17-14(4)12-16(22-6)13-15(17)5/h12-13H,7-11H2,1-6H3/p+1. The number of rotatable bonds is 7. The van der Waals surface area contributed by atoms with Gasteiger partial charge in [-0.1, -0.05) is 0 Å². The average molecular weight is 336 g/mol. The first-order valence-electron chi connectivity index (χ1n) is 8.72. The number of carbonyl (C=O) groups excluding carboxylic acids is 1. The second kappa shape index (κ2) is 6.81. The number of nitrogens with one attached hydrogen (secondary N) is 1. The summed E-state index contributed by atoms with van der Waals surface area (Å²) in [5, 5.41) is 3.21. The van der Waals surface area contributed by atoms with Gasteiger partial charge in [0.15, 0.2) is 5.16 Å². The van der Waals surface area contributed by atoms with E-state index in [2.05, 4.69) is 26.1 Å². The van der Waals surface area contributed by atoms with Crippen LogP contribution in [-0.2, 0) is 4.79 Å². The molecule has 0 spiro atoms. The Bertz CT molecular complexity index is 558. The van der Waals surface area contributed by atoms with Crippen molar-refractivity contribution >= 4 is 18.9 Å². The van der Waals surface area contributed by atoms with Crippen molar-refractivity contribution in [1.82, 2.24) is 0 Å². The summed E-state index contributed by atoms with van der Waals surface area (Å²) in [4.78, 5) is 13.2. The van der Waals surface area contributed by atoms with Crippen molar-refractivity contribution in [3.05, 3.63) is 23.3 Å². The number of anilines is 1. The zero-order valence-corrected chi connectivity index (χ0v) is 16.3. The molecule has 0 unspecified atom stereocenters. The molecule has 1 amide bonds. The van der Waals surface area contributed by atoms with Crippen LogP contribution in [0.2, 0.25) is 0 Å². The van der Waals surface area contributed by atoms with E-state index >= 15 is 0 Å². The van der Waals surface area contributed by atoms with E-state index in [1.54, 1.807) is 7.11 Å². The highest BCUT2D eigenvalue weighted by atomic mass is 31.2. The second-order valence-electron chi connectivity index (χ2n) is 6.72. The summed E-state index contributed by atoms with van der Waals surface area (Å²) in [5.74, 6) is 1.10. The molecule has 3 nitrogen and oxygen atoms in total. The molecule has 1 fully saturated rings. The number of aryl methyl sites for hydroxylation is 2. The van der Waals surface area contributed by atoms with Gasteiger partial charge in [0, 0.05) is 25.8 Å². The zero-order chi connectivity index (χ0) is 17.3. The Morgan fingerprint density at radius 1 is 1.13 bits per heavy atom. The topological polar surface area (TPSA) is 38.3 Å². The first kappa shape index (κ1) is 18.3. The molecule has 0 heterocycles. The van der Waals surface area contributed by atoms with Gasteiger partial charge in [-0.25, -0.2) is 0 Å². The average Bonchev–Trinajstić information content (AvgIpc) is 3.35. The van der Waals surface area contributed by atoms with E-state index in [9.17, 15) is 4.79 Å². The summed E-state index contributed by atoms with van der Waals surface area (Å²) in [6.07, 6.45) is 5.66. The number of methoxy groups -OCH3 is 1. The maximum Gasteiger partial charge on any atom is 0.268 e. The van der Waals surface area contributed by atoms with Crippen molar-refractivity contribution < 1.29 is 9.53 Å². The first-order chi connectivity index (χ1) is 10.9. The van der Waals surface area contributed by atoms with Crippen molar-refractivity contribution in [2.45, 2.75) is 52.6 Å². The summed E-state index contributed by atoms with van der Waals surface area (Å²) >= 11 is 0. The van der Waals surface area contributed by atoms with Crippen LogP contribution >= 0.6 is 7.26 Å². The molecule has 1 saturated carbocycles. The highest BCUT2D eigenvalue weighted by Gasteiger charge is 2.68. The smallest absolute Gasteiger partial charge is 0.268 e. The lowest BCUT2D eigenvalue weighted by atomic mass is 10.1. The van der Waals surface area contributed by atoms with Gasteiger partial charge < -0.3 is 10.1 Å². The summed E-state index contributed by atoms with van der Waals surface area (Å²) in [5.41, 5.74) is 3.10. The summed E-state index contributed by atoms with van der Waals surface area (Å²) in [7, 11) is 0.469. The highest BCUT2D eigenvalue weighted by molar-refractivity contribution is 7.78. The minimum absolute atomic E-state index is 0.0654. The van der Waals surface area contributed by atoms with E-state index in [-0.39, 0.29) is 11.1 Å². The summed E-state index contributed by atoms with van der Waals surface area (Å²) in [6.45, 7) is 10.9. The SMILES string of the molecule is CC[P+](CC)(CC)C1(C(=O)Nc2c(C)cc(OC)cc2C)CC1. The van der Waals surface area contributed by atoms with Crippen molar-refractivity contribution in [2.75, 3.05) is 30.9 Å². The Morgan fingerprint density at radius 3 is 1.96 bits per heavy atom. The van der Waals surface area contributed by atoms with Gasteiger partial charge in [0.25, 0.3) is 5.91 Å². The van der Waals surface area contributed by atoms with Crippen molar-refractivity contribution in [3.63, 3.8) is 0 Å². The van der Waals surface area contributed by atoms with Crippen LogP contribution in [0.4, 0.5) is 5.69 Å². The number of amides is 1. The third-order valence-electron chi connectivity index (χ3n) is 5.85. The molecule has 1 aliphatic carbocycles. The Morgan fingerprint density at radius 2 is 1.61 bits per heavy atom. The van der Waals surface area contributed by atoms with Crippen LogP contribution in [0.1, 0.15) is 44.7 Å². The number of benzene rings is 1. The number of ether oxygens (including phenoxy) is 1. The van der Waals surface area contributed by atoms with Gasteiger partial charge in [0.1, 0.15) is 5.75 Å². The molecule has 0 aliphatic heterocycles. The van der Waals surface area contributed by atoms with Crippen molar-refractivity contribution in [3.8, 4) is 5.75 Å². The molecule has 0 saturated heterocycles. The third-order valence-corrected chi connectivity index (χ3v) is 11.9. The van der Waals surface area contributed by atoms with Crippen LogP contribution in [0.3, 0.4) is 0 Å². The normalized spacial score (nSPS) is 16.1. The molecule has 1 aliphatic rings. The first-order valence-corrected chi connectivity index (χ1v) is 11.1. The quantitative estimate of drug-likeness (QED) is 0.722. The van der Waals surface area contributed by atoms with Crippen molar-refractivity contribution in [1.29, 1.82) is 0 Å². The lowest BCUT2D eigenvalue weighted by Gasteiger charge is -2.32. The Labute approximate surface area is 141 Å². The minimum Gasteiger partial charge on any atom is -0.497 e. The third kappa shape index (κ3) is 3.01. The number of carbonyl (C=O) groups is 1. The molecule has 0 bridgehead atoms. The fraction of sp³-hybridized carbons (Fsp3) is 0.632. The fourth-order valence-electron chi connectivity index (χ4n) is 4.08. The summed E-state index contributed by atoms with van der Waals surface area (Å²) in [6, 6.07) is 3.98. The maximum atomic E-state index is 13.2. The lowest BCUT2D eigenvalue weighted by molar-refractivity contribution is -0.116. The predicted molar refractivity (Wildman–Crippen MR) is 102 cm³/mol. The molecule has 2 rings (SSSR count). The number of hydrogen-bond acceptors (Lipinski definition) is 2. The van der Waals surface area contributed by atoms with E-state index < -0.39 is 7.26 Å². The molecule has 0 radical (unpaired) electrons. The Kier molecular flexibility index (Phi) is 5.41. The molecule has 1 aromatic carbocycles. The van der Waals surface area contributed by atoms with E-state index in [4.69, 9.17) is 4.74 Å². The van der Waals surface area contributed by atoms with Gasteiger partial charge in [0.05, 0.1) is 25.6 Å². The monoisotopic (exact) mass is 336 g/mol. The molecule has 1 aromatic rings. The number of hydrogen-bond donors (Lipinski definition) is 1. The van der Waals surface area contributed by atoms with Gasteiger partial charge in [-0.05, 0) is 57.9 Å². The lowest BCUT2D eigenvalue weighted by Crippen LogP contribution is -2.35. The van der Waals surface area contributed by atoms with Gasteiger partial charge in [0.2, 0.25) is 0 Å². The predicted octanol–water partition coefficient (Wildman–Crippen LogP) is 4.86. The molecule has 0 atom stereocenters. The summed E-state index contributed by atoms with van der Waals surface area (Å²) < 4.78 is 5.31. The van der Waals surface area contributed by atoms with Crippen LogP contribution in [0.15, 0.2) is 12.1 Å². The van der Waals surface area contributed by atoms with Crippen LogP contribution in [0.25, 0.3) is 0 Å². The van der Waals surface area contributed by atoms with E-state index in [0.29, 0.717) is 0 Å². The minimum atomic E-state index is -1.21. The molecule has 23 heavy (non-hydrogen) atoms. The van der Waals surface area contributed by atoms with Gasteiger partial charge >= 0.3 is 0 Å². The molecule has 0 aromatic heterocycles. The van der Waals surface area contributed by atoms with Crippen LogP contribution < -0.4 is 10.1 Å². The van der Waals surface area contributed by atoms with Crippen LogP contribution in [0, 0.1) is 13.8 Å².